The SMILES string of the molecule is CCNC(=O)C[C@@H]1CC[C@H]2[C@@H](COC[C@@H](O)CN2C(=O)Nc2ccc(C(F)(F)F)cc2)O1. The van der Waals surface area contributed by atoms with Crippen molar-refractivity contribution in [3.63, 3.8) is 0 Å². The predicted molar refractivity (Wildman–Crippen MR) is 109 cm³/mol. The summed E-state index contributed by atoms with van der Waals surface area (Å²) in [6.07, 6.45) is -4.90. The number of amides is 3. The number of carbonyl (C=O) groups excluding carboxylic acids is 2. The monoisotopic (exact) mass is 459 g/mol. The second kappa shape index (κ2) is 10.5. The summed E-state index contributed by atoms with van der Waals surface area (Å²) < 4.78 is 49.8. The van der Waals surface area contributed by atoms with Crippen LogP contribution in [0.4, 0.5) is 23.7 Å². The molecule has 0 aliphatic carbocycles. The highest BCUT2D eigenvalue weighted by Gasteiger charge is 2.40. The summed E-state index contributed by atoms with van der Waals surface area (Å²) >= 11 is 0. The fourth-order valence-electron chi connectivity index (χ4n) is 3.99. The van der Waals surface area contributed by atoms with Gasteiger partial charge in [0.15, 0.2) is 0 Å². The number of hydrogen-bond donors (Lipinski definition) is 3. The van der Waals surface area contributed by atoms with E-state index in [1.807, 2.05) is 6.92 Å². The van der Waals surface area contributed by atoms with Gasteiger partial charge in [0, 0.05) is 12.2 Å². The minimum atomic E-state index is -4.47. The highest BCUT2D eigenvalue weighted by Crippen LogP contribution is 2.31. The molecule has 2 fully saturated rings. The van der Waals surface area contributed by atoms with Crippen LogP contribution in [0.15, 0.2) is 24.3 Å². The van der Waals surface area contributed by atoms with Crippen LogP contribution in [0.2, 0.25) is 0 Å². The van der Waals surface area contributed by atoms with Crippen molar-refractivity contribution in [1.29, 1.82) is 0 Å². The lowest BCUT2D eigenvalue weighted by molar-refractivity contribution is -0.149. The Morgan fingerprint density at radius 2 is 1.91 bits per heavy atom. The number of hydrogen-bond acceptors (Lipinski definition) is 5. The second-order valence-electron chi connectivity index (χ2n) is 7.95. The van der Waals surface area contributed by atoms with Gasteiger partial charge in [0.05, 0.1) is 50.0 Å². The van der Waals surface area contributed by atoms with Crippen molar-refractivity contribution in [2.24, 2.45) is 0 Å². The van der Waals surface area contributed by atoms with Crippen molar-refractivity contribution in [1.82, 2.24) is 10.2 Å². The third-order valence-electron chi connectivity index (χ3n) is 5.49. The number of nitrogens with zero attached hydrogens (tertiary/aromatic N) is 1. The Kier molecular flexibility index (Phi) is 7.96. The lowest BCUT2D eigenvalue weighted by atomic mass is 9.95. The second-order valence-corrected chi connectivity index (χ2v) is 7.95. The molecule has 0 bridgehead atoms. The van der Waals surface area contributed by atoms with Crippen LogP contribution in [0.25, 0.3) is 0 Å². The van der Waals surface area contributed by atoms with E-state index in [0.29, 0.717) is 19.4 Å². The van der Waals surface area contributed by atoms with E-state index in [1.165, 1.54) is 17.0 Å². The van der Waals surface area contributed by atoms with Gasteiger partial charge in [-0.1, -0.05) is 0 Å². The smallest absolute Gasteiger partial charge is 0.389 e. The van der Waals surface area contributed by atoms with E-state index in [1.54, 1.807) is 0 Å². The molecule has 0 unspecified atom stereocenters. The summed E-state index contributed by atoms with van der Waals surface area (Å²) in [5.74, 6) is -0.116. The van der Waals surface area contributed by atoms with Gasteiger partial charge in [0.1, 0.15) is 6.10 Å². The van der Waals surface area contributed by atoms with Crippen molar-refractivity contribution in [2.45, 2.75) is 56.7 Å². The van der Waals surface area contributed by atoms with Gasteiger partial charge < -0.3 is 30.1 Å². The molecule has 1 aromatic carbocycles. The number of benzene rings is 1. The summed E-state index contributed by atoms with van der Waals surface area (Å²) in [5, 5.41) is 15.5. The fourth-order valence-corrected chi connectivity index (χ4v) is 3.99. The third kappa shape index (κ3) is 6.33. The van der Waals surface area contributed by atoms with E-state index in [0.717, 1.165) is 12.1 Å². The van der Waals surface area contributed by atoms with Gasteiger partial charge in [-0.25, -0.2) is 4.79 Å². The van der Waals surface area contributed by atoms with Gasteiger partial charge in [0.2, 0.25) is 5.91 Å². The maximum Gasteiger partial charge on any atom is 0.416 e. The van der Waals surface area contributed by atoms with E-state index in [4.69, 9.17) is 9.47 Å². The molecule has 3 N–H and O–H groups in total. The fraction of sp³-hybridized carbons (Fsp3) is 0.619. The van der Waals surface area contributed by atoms with Crippen LogP contribution in [-0.4, -0.2) is 72.6 Å². The normalized spacial score (nSPS) is 26.5. The van der Waals surface area contributed by atoms with Gasteiger partial charge >= 0.3 is 12.2 Å². The van der Waals surface area contributed by atoms with Gasteiger partial charge in [-0.05, 0) is 44.0 Å². The van der Waals surface area contributed by atoms with Crippen molar-refractivity contribution < 1.29 is 37.3 Å². The highest BCUT2D eigenvalue weighted by atomic mass is 19.4. The Morgan fingerprint density at radius 3 is 2.56 bits per heavy atom. The lowest BCUT2D eigenvalue weighted by Gasteiger charge is -2.44. The van der Waals surface area contributed by atoms with Crippen LogP contribution in [0.5, 0.6) is 0 Å². The predicted octanol–water partition coefficient (Wildman–Crippen LogP) is 2.37. The summed E-state index contributed by atoms with van der Waals surface area (Å²) in [6, 6.07) is 3.19. The van der Waals surface area contributed by atoms with Crippen molar-refractivity contribution in [2.75, 3.05) is 31.6 Å². The Labute approximate surface area is 184 Å². The number of anilines is 1. The van der Waals surface area contributed by atoms with Crippen molar-refractivity contribution in [3.8, 4) is 0 Å². The zero-order chi connectivity index (χ0) is 23.3. The molecule has 4 atom stereocenters. The molecule has 3 rings (SSSR count). The van der Waals surface area contributed by atoms with E-state index in [-0.39, 0.29) is 43.9 Å². The minimum Gasteiger partial charge on any atom is -0.389 e. The number of urea groups is 1. The van der Waals surface area contributed by atoms with Gasteiger partial charge in [-0.3, -0.25) is 4.79 Å². The molecule has 8 nitrogen and oxygen atoms in total. The Hall–Kier alpha value is -2.37. The number of carbonyl (C=O) groups is 2. The van der Waals surface area contributed by atoms with E-state index < -0.39 is 36.0 Å². The molecule has 3 amide bonds. The van der Waals surface area contributed by atoms with Crippen LogP contribution < -0.4 is 10.6 Å². The average molecular weight is 459 g/mol. The van der Waals surface area contributed by atoms with E-state index >= 15 is 0 Å². The first-order valence-electron chi connectivity index (χ1n) is 10.6. The average Bonchev–Trinajstić information content (AvgIpc) is 2.71. The molecule has 32 heavy (non-hydrogen) atoms. The standard InChI is InChI=1S/C21H28F3N3O5/c1-2-25-19(29)9-16-7-8-17-18(32-16)12-31-11-15(28)10-27(17)20(30)26-14-5-3-13(4-6-14)21(22,23)24/h3-6,15-18,28H,2,7-12H2,1H3,(H,25,29)(H,26,30)/t15-,16-,17-,18+/m0/s1. The third-order valence-corrected chi connectivity index (χ3v) is 5.49. The summed E-state index contributed by atoms with van der Waals surface area (Å²) in [5.41, 5.74) is -0.605. The number of aliphatic hydroxyl groups excluding tert-OH is 1. The Morgan fingerprint density at radius 1 is 1.19 bits per heavy atom. The maximum absolute atomic E-state index is 13.0. The molecule has 2 aliphatic heterocycles. The van der Waals surface area contributed by atoms with Crippen LogP contribution in [-0.2, 0) is 20.4 Å². The largest absolute Gasteiger partial charge is 0.416 e. The van der Waals surface area contributed by atoms with E-state index in [2.05, 4.69) is 10.6 Å². The highest BCUT2D eigenvalue weighted by molar-refractivity contribution is 5.89. The first-order chi connectivity index (χ1) is 15.2. The summed E-state index contributed by atoms with van der Waals surface area (Å²) in [4.78, 5) is 26.3. The van der Waals surface area contributed by atoms with Gasteiger partial charge in [0.25, 0.3) is 0 Å². The molecule has 2 aliphatic rings. The molecule has 11 heteroatoms. The summed E-state index contributed by atoms with van der Waals surface area (Å²) in [6.45, 7) is 2.50. The number of nitrogens with one attached hydrogen (secondary N) is 2. The van der Waals surface area contributed by atoms with Crippen LogP contribution in [0, 0.1) is 0 Å². The van der Waals surface area contributed by atoms with Crippen LogP contribution in [0.3, 0.4) is 0 Å². The summed E-state index contributed by atoms with van der Waals surface area (Å²) in [7, 11) is 0. The maximum atomic E-state index is 13.0. The number of β-amino-alcohol motifs (C(OH)–C–C–N with tert-alkyl or cyclic N) is 1. The van der Waals surface area contributed by atoms with Gasteiger partial charge in [-0.15, -0.1) is 0 Å². The molecule has 2 saturated heterocycles. The first kappa shape index (κ1) is 24.3. The number of alkyl halides is 3. The minimum absolute atomic E-state index is 0.0115. The zero-order valence-corrected chi connectivity index (χ0v) is 17.7. The molecule has 0 saturated carbocycles. The van der Waals surface area contributed by atoms with E-state index in [9.17, 15) is 27.9 Å². The molecule has 2 heterocycles. The number of ether oxygens (including phenoxy) is 2. The number of rotatable bonds is 4. The molecular weight excluding hydrogens is 431 g/mol. The molecule has 178 valence electrons. The quantitative estimate of drug-likeness (QED) is 0.642. The lowest BCUT2D eigenvalue weighted by Crippen LogP contribution is -2.58. The molecular formula is C21H28F3N3O5. The number of halogens is 3. The topological polar surface area (TPSA) is 100 Å². The van der Waals surface area contributed by atoms with Gasteiger partial charge in [-0.2, -0.15) is 13.2 Å². The number of aliphatic hydroxyl groups is 1. The Balaban J connectivity index is 1.69. The molecule has 0 radical (unpaired) electrons. The number of fused-ring (bicyclic) bond motifs is 1. The first-order valence-corrected chi connectivity index (χ1v) is 10.6. The van der Waals surface area contributed by atoms with Crippen molar-refractivity contribution >= 4 is 17.6 Å². The molecule has 0 spiro atoms. The van der Waals surface area contributed by atoms with Crippen LogP contribution in [0.1, 0.15) is 31.7 Å². The Bertz CT molecular complexity index is 790. The van der Waals surface area contributed by atoms with Crippen molar-refractivity contribution in [3.05, 3.63) is 29.8 Å². The molecule has 0 aromatic heterocycles. The zero-order valence-electron chi connectivity index (χ0n) is 17.7. The van der Waals surface area contributed by atoms with Crippen LogP contribution >= 0.6 is 0 Å². The molecule has 1 aromatic rings.